The van der Waals surface area contributed by atoms with Crippen LogP contribution in [0.4, 0.5) is 0 Å². The number of hydrogen-bond donors (Lipinski definition) is 1. The summed E-state index contributed by atoms with van der Waals surface area (Å²) in [5.41, 5.74) is 7.58. The predicted octanol–water partition coefficient (Wildman–Crippen LogP) is 4.96. The molecule has 1 N–H and O–H groups in total. The topological polar surface area (TPSA) is 82.0 Å². The van der Waals surface area contributed by atoms with Crippen LogP contribution in [0.15, 0.2) is 36.4 Å². The third-order valence-corrected chi connectivity index (χ3v) is 6.89. The first-order valence-corrected chi connectivity index (χ1v) is 11.5. The number of amides is 1. The van der Waals surface area contributed by atoms with Gasteiger partial charge in [0.05, 0.1) is 23.0 Å². The van der Waals surface area contributed by atoms with Crippen LogP contribution < -0.4 is 0 Å². The molecular weight excluding hydrogens is 412 g/mol. The summed E-state index contributed by atoms with van der Waals surface area (Å²) in [6.07, 6.45) is 2.07. The van der Waals surface area contributed by atoms with Gasteiger partial charge in [0, 0.05) is 36.7 Å². The number of likely N-dealkylation sites (tertiary alicyclic amines) is 1. The van der Waals surface area contributed by atoms with Crippen molar-refractivity contribution >= 4 is 5.91 Å². The van der Waals surface area contributed by atoms with E-state index in [9.17, 15) is 4.79 Å². The lowest BCUT2D eigenvalue weighted by Gasteiger charge is -2.40. The molecule has 0 radical (unpaired) electrons. The zero-order chi connectivity index (χ0) is 23.1. The summed E-state index contributed by atoms with van der Waals surface area (Å²) >= 11 is 0. The molecule has 5 rings (SSSR count). The van der Waals surface area contributed by atoms with Gasteiger partial charge in [-0.1, -0.05) is 18.2 Å². The lowest BCUT2D eigenvalue weighted by atomic mass is 9.89. The van der Waals surface area contributed by atoms with Gasteiger partial charge in [-0.25, -0.2) is 4.98 Å². The molecule has 2 aliphatic heterocycles. The number of nitrogens with zero attached hydrogens (tertiary/aromatic N) is 3. The van der Waals surface area contributed by atoms with E-state index in [2.05, 4.69) is 24.0 Å². The lowest BCUT2D eigenvalue weighted by Crippen LogP contribution is -2.48. The van der Waals surface area contributed by atoms with Crippen molar-refractivity contribution in [1.29, 1.82) is 5.26 Å². The van der Waals surface area contributed by atoms with Gasteiger partial charge in [-0.15, -0.1) is 0 Å². The molecule has 0 bridgehead atoms. The summed E-state index contributed by atoms with van der Waals surface area (Å²) in [7, 11) is 0. The number of aromatic amines is 1. The van der Waals surface area contributed by atoms with Crippen molar-refractivity contribution in [1.82, 2.24) is 14.9 Å². The Morgan fingerprint density at radius 1 is 1.15 bits per heavy atom. The van der Waals surface area contributed by atoms with Gasteiger partial charge in [-0.3, -0.25) is 4.79 Å². The van der Waals surface area contributed by atoms with E-state index in [0.717, 1.165) is 58.9 Å². The monoisotopic (exact) mass is 440 g/mol. The molecule has 1 aromatic heterocycles. The quantitative estimate of drug-likeness (QED) is 0.621. The fourth-order valence-electron chi connectivity index (χ4n) is 4.90. The molecule has 168 valence electrons. The Hall–Kier alpha value is -3.43. The maximum Gasteiger partial charge on any atom is 0.254 e. The minimum absolute atomic E-state index is 0.0320. The van der Waals surface area contributed by atoms with Crippen LogP contribution in [0.3, 0.4) is 0 Å². The predicted molar refractivity (Wildman–Crippen MR) is 126 cm³/mol. The summed E-state index contributed by atoms with van der Waals surface area (Å²) in [4.78, 5) is 23.5. The second-order valence-corrected chi connectivity index (χ2v) is 9.21. The van der Waals surface area contributed by atoms with Gasteiger partial charge in [0.2, 0.25) is 0 Å². The molecule has 33 heavy (non-hydrogen) atoms. The van der Waals surface area contributed by atoms with E-state index in [1.54, 1.807) is 0 Å². The zero-order valence-corrected chi connectivity index (χ0v) is 19.3. The number of nitriles is 1. The first kappa shape index (κ1) is 21.4. The van der Waals surface area contributed by atoms with E-state index in [1.807, 2.05) is 49.1 Å². The molecule has 3 heterocycles. The highest BCUT2D eigenvalue weighted by Crippen LogP contribution is 2.34. The van der Waals surface area contributed by atoms with Crippen LogP contribution in [0.1, 0.15) is 69.0 Å². The maximum absolute atomic E-state index is 13.4. The lowest BCUT2D eigenvalue weighted by molar-refractivity contribution is 0.0601. The minimum atomic E-state index is 0.0320. The molecule has 1 unspecified atom stereocenters. The number of benzene rings is 2. The Bertz CT molecular complexity index is 1240. The number of aryl methyl sites for hydroxylation is 3. The van der Waals surface area contributed by atoms with Crippen LogP contribution in [0, 0.1) is 32.1 Å². The molecule has 1 amide bonds. The molecular formula is C27H28N4O2. The summed E-state index contributed by atoms with van der Waals surface area (Å²) in [5.74, 6) is 1.26. The molecule has 2 fully saturated rings. The number of ether oxygens (including phenoxy) is 1. The third-order valence-electron chi connectivity index (χ3n) is 6.89. The van der Waals surface area contributed by atoms with Crippen LogP contribution in [-0.2, 0) is 4.74 Å². The van der Waals surface area contributed by atoms with E-state index >= 15 is 0 Å². The number of nitrogens with one attached hydrogen (secondary N) is 1. The zero-order valence-electron chi connectivity index (χ0n) is 19.3. The Morgan fingerprint density at radius 2 is 1.91 bits per heavy atom. The highest BCUT2D eigenvalue weighted by Gasteiger charge is 2.33. The van der Waals surface area contributed by atoms with Gasteiger partial charge in [0.25, 0.3) is 5.91 Å². The molecule has 0 saturated carbocycles. The third kappa shape index (κ3) is 3.94. The standard InChI is InChI=1S/C27H28N4O2/c1-16-11-17(2)23(12-22(16)25-18(3)29-26(30-25)24-5-4-10-33-24)27(32)31-14-21(15-31)20-8-6-19(13-28)7-9-20/h6-9,11-12,21,24H,4-5,10,14-15H2,1-3H3,(H,29,30). The molecule has 1 atom stereocenters. The molecule has 2 aromatic carbocycles. The Kier molecular flexibility index (Phi) is 5.51. The second-order valence-electron chi connectivity index (χ2n) is 9.21. The average Bonchev–Trinajstić information content (AvgIpc) is 3.43. The molecule has 6 nitrogen and oxygen atoms in total. The number of aromatic nitrogens is 2. The highest BCUT2D eigenvalue weighted by molar-refractivity contribution is 5.97. The van der Waals surface area contributed by atoms with E-state index in [0.29, 0.717) is 24.6 Å². The van der Waals surface area contributed by atoms with Crippen molar-refractivity contribution in [3.05, 3.63) is 75.7 Å². The van der Waals surface area contributed by atoms with Gasteiger partial charge in [-0.2, -0.15) is 5.26 Å². The van der Waals surface area contributed by atoms with Crippen LogP contribution >= 0.6 is 0 Å². The Balaban J connectivity index is 1.37. The average molecular weight is 441 g/mol. The summed E-state index contributed by atoms with van der Waals surface area (Å²) < 4.78 is 5.80. The number of carbonyl (C=O) groups is 1. The van der Waals surface area contributed by atoms with Gasteiger partial charge in [0.1, 0.15) is 11.9 Å². The van der Waals surface area contributed by atoms with Crippen LogP contribution in [-0.4, -0.2) is 40.5 Å². The van der Waals surface area contributed by atoms with E-state index < -0.39 is 0 Å². The smallest absolute Gasteiger partial charge is 0.254 e. The number of H-pyrrole nitrogens is 1. The fraction of sp³-hybridized carbons (Fsp3) is 0.370. The van der Waals surface area contributed by atoms with Gasteiger partial charge in [-0.05, 0) is 68.5 Å². The number of carbonyl (C=O) groups excluding carboxylic acids is 1. The fourth-order valence-corrected chi connectivity index (χ4v) is 4.90. The van der Waals surface area contributed by atoms with E-state index in [4.69, 9.17) is 15.0 Å². The minimum Gasteiger partial charge on any atom is -0.370 e. The normalized spacial score (nSPS) is 18.2. The number of imidazole rings is 1. The summed E-state index contributed by atoms with van der Waals surface area (Å²) in [5, 5.41) is 8.99. The molecule has 6 heteroatoms. The van der Waals surface area contributed by atoms with Crippen molar-refractivity contribution in [3.63, 3.8) is 0 Å². The molecule has 2 saturated heterocycles. The SMILES string of the molecule is Cc1cc(C)c(-c2[nH]c(C3CCCO3)nc2C)cc1C(=O)N1CC(c2ccc(C#N)cc2)C1. The molecule has 2 aliphatic rings. The second kappa shape index (κ2) is 8.49. The van der Waals surface area contributed by atoms with Crippen molar-refractivity contribution < 1.29 is 9.53 Å². The molecule has 3 aromatic rings. The van der Waals surface area contributed by atoms with E-state index in [-0.39, 0.29) is 12.0 Å². The Labute approximate surface area is 194 Å². The maximum atomic E-state index is 13.4. The first-order valence-electron chi connectivity index (χ1n) is 11.5. The van der Waals surface area contributed by atoms with Crippen LogP contribution in [0.5, 0.6) is 0 Å². The van der Waals surface area contributed by atoms with Crippen molar-refractivity contribution in [2.24, 2.45) is 0 Å². The van der Waals surface area contributed by atoms with Crippen molar-refractivity contribution in [2.45, 2.75) is 45.6 Å². The van der Waals surface area contributed by atoms with Crippen molar-refractivity contribution in [2.75, 3.05) is 19.7 Å². The van der Waals surface area contributed by atoms with Crippen LogP contribution in [0.25, 0.3) is 11.3 Å². The Morgan fingerprint density at radius 3 is 2.58 bits per heavy atom. The van der Waals surface area contributed by atoms with Crippen molar-refractivity contribution in [3.8, 4) is 17.3 Å². The first-order chi connectivity index (χ1) is 15.9. The van der Waals surface area contributed by atoms with E-state index in [1.165, 1.54) is 5.56 Å². The summed E-state index contributed by atoms with van der Waals surface area (Å²) in [6, 6.07) is 13.9. The van der Waals surface area contributed by atoms with Crippen LogP contribution in [0.2, 0.25) is 0 Å². The summed E-state index contributed by atoms with van der Waals surface area (Å²) in [6.45, 7) is 8.25. The van der Waals surface area contributed by atoms with Gasteiger partial charge < -0.3 is 14.6 Å². The molecule has 0 aliphatic carbocycles. The highest BCUT2D eigenvalue weighted by atomic mass is 16.5. The number of hydrogen-bond acceptors (Lipinski definition) is 4. The molecule has 0 spiro atoms. The largest absolute Gasteiger partial charge is 0.370 e. The van der Waals surface area contributed by atoms with Gasteiger partial charge >= 0.3 is 0 Å². The number of rotatable bonds is 4. The van der Waals surface area contributed by atoms with Gasteiger partial charge in [0.15, 0.2) is 0 Å².